The van der Waals surface area contributed by atoms with Crippen molar-refractivity contribution >= 4 is 23.7 Å². The van der Waals surface area contributed by atoms with Crippen molar-refractivity contribution in [2.45, 2.75) is 58.0 Å². The van der Waals surface area contributed by atoms with E-state index in [1.807, 2.05) is 48.5 Å². The highest BCUT2D eigenvalue weighted by Crippen LogP contribution is 2.25. The summed E-state index contributed by atoms with van der Waals surface area (Å²) in [4.78, 5) is 37.8. The number of benzene rings is 3. The standard InChI is InChI=1S/C33H41N3O5/c1-4-5-6-7-8-20-34-33(40)36(2)29-11-9-10-28(22-29)26-16-12-24(13-17-26)21-30(31(37)38)35-23-25-14-18-27(19-15-25)32(39)41-3/h9-19,22,30,35H,4-8,20-21,23H2,1-3H3,(H,34,40)(H,37,38)/t30-/m0/s1. The SMILES string of the molecule is CCCCCCCNC(=O)N(C)c1cccc(-c2ccc(C[C@H](NCc3ccc(C(=O)OC)cc3)C(=O)O)cc2)c1. The number of esters is 1. The van der Waals surface area contributed by atoms with Gasteiger partial charge >= 0.3 is 18.0 Å². The van der Waals surface area contributed by atoms with Gasteiger partial charge in [0, 0.05) is 25.8 Å². The minimum absolute atomic E-state index is 0.125. The minimum atomic E-state index is -0.935. The molecule has 2 amide bonds. The number of nitrogens with zero attached hydrogens (tertiary/aromatic N) is 1. The molecule has 0 aliphatic heterocycles. The smallest absolute Gasteiger partial charge is 0.337 e. The molecular weight excluding hydrogens is 518 g/mol. The molecule has 1 atom stereocenters. The van der Waals surface area contributed by atoms with Crippen LogP contribution in [0.3, 0.4) is 0 Å². The van der Waals surface area contributed by atoms with Crippen LogP contribution in [0.25, 0.3) is 11.1 Å². The lowest BCUT2D eigenvalue weighted by molar-refractivity contribution is -0.139. The van der Waals surface area contributed by atoms with Gasteiger partial charge in [-0.15, -0.1) is 0 Å². The van der Waals surface area contributed by atoms with E-state index in [4.69, 9.17) is 4.74 Å². The fraction of sp³-hybridized carbons (Fsp3) is 0.364. The topological polar surface area (TPSA) is 108 Å². The summed E-state index contributed by atoms with van der Waals surface area (Å²) in [5.41, 5.74) is 4.94. The van der Waals surface area contributed by atoms with Crippen LogP contribution in [0.2, 0.25) is 0 Å². The highest BCUT2D eigenvalue weighted by atomic mass is 16.5. The van der Waals surface area contributed by atoms with E-state index in [0.29, 0.717) is 25.1 Å². The van der Waals surface area contributed by atoms with Crippen LogP contribution in [0.15, 0.2) is 72.8 Å². The van der Waals surface area contributed by atoms with Gasteiger partial charge in [0.05, 0.1) is 12.7 Å². The molecule has 0 saturated carbocycles. The average molecular weight is 560 g/mol. The molecule has 3 aromatic rings. The second kappa shape index (κ2) is 16.2. The largest absolute Gasteiger partial charge is 0.480 e. The maximum Gasteiger partial charge on any atom is 0.337 e. The first-order valence-corrected chi connectivity index (χ1v) is 14.2. The first-order chi connectivity index (χ1) is 19.8. The minimum Gasteiger partial charge on any atom is -0.480 e. The van der Waals surface area contributed by atoms with Crippen LogP contribution in [0.4, 0.5) is 10.5 Å². The number of hydrogen-bond donors (Lipinski definition) is 3. The Hall–Kier alpha value is -4.17. The molecule has 8 nitrogen and oxygen atoms in total. The van der Waals surface area contributed by atoms with E-state index in [9.17, 15) is 19.5 Å². The molecule has 41 heavy (non-hydrogen) atoms. The second-order valence-electron chi connectivity index (χ2n) is 10.1. The van der Waals surface area contributed by atoms with E-state index in [1.165, 1.54) is 26.4 Å². The molecule has 3 N–H and O–H groups in total. The summed E-state index contributed by atoms with van der Waals surface area (Å²) in [6.07, 6.45) is 6.05. The first-order valence-electron chi connectivity index (χ1n) is 14.2. The number of carbonyl (C=O) groups excluding carboxylic acids is 2. The van der Waals surface area contributed by atoms with Gasteiger partial charge < -0.3 is 20.5 Å². The van der Waals surface area contributed by atoms with E-state index >= 15 is 0 Å². The maximum absolute atomic E-state index is 12.6. The van der Waals surface area contributed by atoms with Crippen LogP contribution in [0, 0.1) is 0 Å². The van der Waals surface area contributed by atoms with E-state index in [2.05, 4.69) is 17.6 Å². The molecule has 0 spiro atoms. The Morgan fingerprint density at radius 1 is 0.878 bits per heavy atom. The van der Waals surface area contributed by atoms with Crippen LogP contribution < -0.4 is 15.5 Å². The van der Waals surface area contributed by atoms with Gasteiger partial charge in [-0.05, 0) is 59.4 Å². The Morgan fingerprint density at radius 3 is 2.22 bits per heavy atom. The van der Waals surface area contributed by atoms with Gasteiger partial charge in [-0.2, -0.15) is 0 Å². The van der Waals surface area contributed by atoms with Crippen molar-refractivity contribution in [2.75, 3.05) is 25.6 Å². The fourth-order valence-corrected chi connectivity index (χ4v) is 4.49. The van der Waals surface area contributed by atoms with Crippen molar-refractivity contribution < 1.29 is 24.2 Å². The summed E-state index contributed by atoms with van der Waals surface area (Å²) in [5, 5.41) is 15.9. The second-order valence-corrected chi connectivity index (χ2v) is 10.1. The predicted molar refractivity (Wildman–Crippen MR) is 162 cm³/mol. The third-order valence-electron chi connectivity index (χ3n) is 7.05. The molecular formula is C33H41N3O5. The number of rotatable bonds is 15. The highest BCUT2D eigenvalue weighted by molar-refractivity contribution is 5.92. The summed E-state index contributed by atoms with van der Waals surface area (Å²) in [7, 11) is 3.09. The predicted octanol–water partition coefficient (Wildman–Crippen LogP) is 6.04. The molecule has 0 heterocycles. The van der Waals surface area contributed by atoms with Crippen LogP contribution in [-0.2, 0) is 22.5 Å². The molecule has 0 aliphatic rings. The molecule has 0 saturated heterocycles. The number of aliphatic carboxylic acids is 1. The van der Waals surface area contributed by atoms with Gasteiger partial charge in [-0.25, -0.2) is 9.59 Å². The molecule has 218 valence electrons. The Balaban J connectivity index is 1.57. The monoisotopic (exact) mass is 559 g/mol. The summed E-state index contributed by atoms with van der Waals surface area (Å²) in [6.45, 7) is 3.21. The Labute approximate surface area is 242 Å². The van der Waals surface area contributed by atoms with Gasteiger partial charge in [0.1, 0.15) is 6.04 Å². The third-order valence-corrected chi connectivity index (χ3v) is 7.05. The van der Waals surface area contributed by atoms with Gasteiger partial charge in [-0.3, -0.25) is 9.69 Å². The van der Waals surface area contributed by atoms with E-state index in [1.54, 1.807) is 36.2 Å². The molecule has 0 aromatic heterocycles. The molecule has 0 bridgehead atoms. The number of carboxylic acid groups (broad SMARTS) is 1. The lowest BCUT2D eigenvalue weighted by atomic mass is 10.00. The summed E-state index contributed by atoms with van der Waals surface area (Å²) >= 11 is 0. The zero-order valence-corrected chi connectivity index (χ0v) is 24.2. The van der Waals surface area contributed by atoms with Gasteiger partial charge in [-0.1, -0.05) is 81.1 Å². The first kappa shape index (κ1) is 31.4. The van der Waals surface area contributed by atoms with Gasteiger partial charge in [0.15, 0.2) is 0 Å². The van der Waals surface area contributed by atoms with Crippen LogP contribution in [0.5, 0.6) is 0 Å². The maximum atomic E-state index is 12.6. The molecule has 0 fully saturated rings. The zero-order valence-electron chi connectivity index (χ0n) is 24.2. The lowest BCUT2D eigenvalue weighted by Crippen LogP contribution is -2.38. The number of anilines is 1. The van der Waals surface area contributed by atoms with Crippen molar-refractivity contribution in [1.29, 1.82) is 0 Å². The quantitative estimate of drug-likeness (QED) is 0.155. The van der Waals surface area contributed by atoms with Gasteiger partial charge in [0.2, 0.25) is 0 Å². The molecule has 0 aliphatic carbocycles. The van der Waals surface area contributed by atoms with Crippen LogP contribution in [0.1, 0.15) is 60.5 Å². The normalized spacial score (nSPS) is 11.5. The number of carboxylic acids is 1. The van der Waals surface area contributed by atoms with Crippen molar-refractivity contribution in [2.24, 2.45) is 0 Å². The number of methoxy groups -OCH3 is 1. The Morgan fingerprint density at radius 2 is 1.56 bits per heavy atom. The number of urea groups is 1. The summed E-state index contributed by atoms with van der Waals surface area (Å²) in [5.74, 6) is -1.35. The molecule has 0 radical (unpaired) electrons. The number of amides is 2. The van der Waals surface area contributed by atoms with E-state index < -0.39 is 18.0 Å². The zero-order chi connectivity index (χ0) is 29.6. The number of unbranched alkanes of at least 4 members (excludes halogenated alkanes) is 4. The van der Waals surface area contributed by atoms with Crippen LogP contribution in [-0.4, -0.2) is 49.8 Å². The third kappa shape index (κ3) is 9.76. The van der Waals surface area contributed by atoms with Crippen LogP contribution >= 0.6 is 0 Å². The molecule has 3 rings (SSSR count). The van der Waals surface area contributed by atoms with E-state index in [0.717, 1.165) is 40.8 Å². The number of hydrogen-bond acceptors (Lipinski definition) is 5. The summed E-state index contributed by atoms with van der Waals surface area (Å²) < 4.78 is 4.71. The Kier molecular flexibility index (Phi) is 12.4. The summed E-state index contributed by atoms with van der Waals surface area (Å²) in [6, 6.07) is 21.6. The van der Waals surface area contributed by atoms with E-state index in [-0.39, 0.29) is 6.03 Å². The number of nitrogens with one attached hydrogen (secondary N) is 2. The molecule has 3 aromatic carbocycles. The van der Waals surface area contributed by atoms with Gasteiger partial charge in [0.25, 0.3) is 0 Å². The number of ether oxygens (including phenoxy) is 1. The highest BCUT2D eigenvalue weighted by Gasteiger charge is 2.18. The Bertz CT molecular complexity index is 1270. The van der Waals surface area contributed by atoms with Crippen molar-refractivity contribution in [3.63, 3.8) is 0 Å². The molecule has 8 heteroatoms. The van der Waals surface area contributed by atoms with Crippen molar-refractivity contribution in [3.8, 4) is 11.1 Å². The number of carbonyl (C=O) groups is 3. The van der Waals surface area contributed by atoms with Crippen molar-refractivity contribution in [3.05, 3.63) is 89.5 Å². The average Bonchev–Trinajstić information content (AvgIpc) is 3.00. The lowest BCUT2D eigenvalue weighted by Gasteiger charge is -2.19. The molecule has 0 unspecified atom stereocenters. The fourth-order valence-electron chi connectivity index (χ4n) is 4.49. The van der Waals surface area contributed by atoms with Crippen molar-refractivity contribution in [1.82, 2.24) is 10.6 Å².